The van der Waals surface area contributed by atoms with E-state index in [1.807, 2.05) is 51.1 Å². The van der Waals surface area contributed by atoms with Gasteiger partial charge in [-0.3, -0.25) is 19.5 Å². The summed E-state index contributed by atoms with van der Waals surface area (Å²) >= 11 is 0. The Bertz CT molecular complexity index is 1590. The highest BCUT2D eigenvalue weighted by Gasteiger charge is 2.47. The first-order chi connectivity index (χ1) is 16.8. The number of imide groups is 1. The van der Waals surface area contributed by atoms with Crippen molar-refractivity contribution in [3.05, 3.63) is 111 Å². The molecule has 0 atom stereocenters. The molecule has 0 aliphatic carbocycles. The van der Waals surface area contributed by atoms with Gasteiger partial charge in [0.15, 0.2) is 12.4 Å². The third-order valence-corrected chi connectivity index (χ3v) is 6.21. The average molecular weight is 466 g/mol. The summed E-state index contributed by atoms with van der Waals surface area (Å²) in [6.07, 6.45) is 3.40. The van der Waals surface area contributed by atoms with Gasteiger partial charge in [-0.25, -0.2) is 9.58 Å². The Balaban J connectivity index is 1.76. The molecule has 0 fully saturated rings. The Morgan fingerprint density at radius 1 is 0.771 bits per heavy atom. The molecular weight excluding hydrogens is 440 g/mol. The fourth-order valence-corrected chi connectivity index (χ4v) is 4.60. The number of pyridine rings is 1. The van der Waals surface area contributed by atoms with Crippen molar-refractivity contribution in [2.24, 2.45) is 0 Å². The summed E-state index contributed by atoms with van der Waals surface area (Å²) < 4.78 is 3.03. The molecule has 0 bridgehead atoms. The molecule has 5 rings (SSSR count). The highest BCUT2D eigenvalue weighted by molar-refractivity contribution is 6.53. The van der Waals surface area contributed by atoms with E-state index in [0.29, 0.717) is 17.1 Å². The quantitative estimate of drug-likeness (QED) is 0.369. The van der Waals surface area contributed by atoms with Gasteiger partial charge in [0.25, 0.3) is 17.2 Å². The normalized spacial score (nSPS) is 13.8. The number of aryl methyl sites for hydroxylation is 4. The molecule has 174 valence electrons. The molecule has 0 saturated carbocycles. The number of nitrogens with zero attached hydrogens (tertiary/aromatic N) is 3. The predicted octanol–water partition coefficient (Wildman–Crippen LogP) is 3.63. The molecule has 1 aliphatic heterocycles. The van der Waals surface area contributed by atoms with Crippen LogP contribution >= 0.6 is 0 Å². The number of hydrogen-bond acceptors (Lipinski definition) is 3. The van der Waals surface area contributed by atoms with Crippen molar-refractivity contribution >= 4 is 28.8 Å². The van der Waals surface area contributed by atoms with Gasteiger partial charge in [0.1, 0.15) is 5.57 Å². The largest absolute Gasteiger partial charge is 0.331 e. The lowest BCUT2D eigenvalue weighted by Gasteiger charge is -2.14. The number of nitrogens with one attached hydrogen (secondary N) is 1. The zero-order chi connectivity index (χ0) is 24.9. The first-order valence-corrected chi connectivity index (χ1v) is 11.3. The van der Waals surface area contributed by atoms with Gasteiger partial charge in [0, 0.05) is 17.8 Å². The average Bonchev–Trinajstić information content (AvgIpc) is 3.25. The Morgan fingerprint density at radius 2 is 1.49 bits per heavy atom. The molecule has 0 unspecified atom stereocenters. The number of H-pyrrole nitrogens is 1. The van der Waals surface area contributed by atoms with Gasteiger partial charge in [-0.15, -0.1) is 0 Å². The molecule has 7 heteroatoms. The van der Waals surface area contributed by atoms with Crippen LogP contribution in [0, 0.1) is 27.7 Å². The second-order valence-corrected chi connectivity index (χ2v) is 8.83. The number of rotatable bonds is 4. The predicted molar refractivity (Wildman–Crippen MR) is 134 cm³/mol. The molecule has 4 aromatic rings. The van der Waals surface area contributed by atoms with Crippen LogP contribution in [0.3, 0.4) is 0 Å². The summed E-state index contributed by atoms with van der Waals surface area (Å²) in [5.74, 6) is -1.01. The van der Waals surface area contributed by atoms with E-state index >= 15 is 0 Å². The molecule has 35 heavy (non-hydrogen) atoms. The van der Waals surface area contributed by atoms with E-state index in [1.54, 1.807) is 54.2 Å². The molecule has 0 spiro atoms. The zero-order valence-corrected chi connectivity index (χ0v) is 20.0. The third-order valence-electron chi connectivity index (χ3n) is 6.21. The number of amides is 2. The lowest BCUT2D eigenvalue weighted by atomic mass is 10.1. The fourth-order valence-electron chi connectivity index (χ4n) is 4.60. The summed E-state index contributed by atoms with van der Waals surface area (Å²) in [6, 6.07) is 18.4. The smallest absolute Gasteiger partial charge is 0.295 e. The molecule has 2 aromatic heterocycles. The van der Waals surface area contributed by atoms with E-state index in [2.05, 4.69) is 5.10 Å². The van der Waals surface area contributed by atoms with Crippen molar-refractivity contribution in [1.82, 2.24) is 9.78 Å². The summed E-state index contributed by atoms with van der Waals surface area (Å²) in [4.78, 5) is 42.4. The number of aromatic nitrogens is 3. The Kier molecular flexibility index (Phi) is 5.32. The first-order valence-electron chi connectivity index (χ1n) is 11.3. The van der Waals surface area contributed by atoms with Crippen LogP contribution in [-0.4, -0.2) is 21.6 Å². The second-order valence-electron chi connectivity index (χ2n) is 8.83. The molecule has 3 heterocycles. The molecule has 1 aliphatic rings. The van der Waals surface area contributed by atoms with Crippen molar-refractivity contribution in [1.29, 1.82) is 0 Å². The van der Waals surface area contributed by atoms with Crippen LogP contribution in [0.15, 0.2) is 77.9 Å². The van der Waals surface area contributed by atoms with Crippen LogP contribution in [0.2, 0.25) is 0 Å². The van der Waals surface area contributed by atoms with Crippen molar-refractivity contribution in [3.63, 3.8) is 0 Å². The SMILES string of the molecule is Cc1cccc(N2C(=O)C(c3c(C)[nH]n(-c4ccc(C)cc4C)c3=O)=C([n+]3ccccc3)C2=O)c1. The number of carbonyl (C=O) groups excluding carboxylic acids is 2. The summed E-state index contributed by atoms with van der Waals surface area (Å²) in [7, 11) is 0. The van der Waals surface area contributed by atoms with Crippen molar-refractivity contribution < 1.29 is 14.2 Å². The molecule has 0 radical (unpaired) electrons. The maximum atomic E-state index is 13.8. The van der Waals surface area contributed by atoms with Gasteiger partial charge in [-0.2, -0.15) is 4.57 Å². The number of hydrogen-bond donors (Lipinski definition) is 1. The molecule has 2 aromatic carbocycles. The lowest BCUT2D eigenvalue weighted by molar-refractivity contribution is -0.576. The first kappa shape index (κ1) is 22.3. The van der Waals surface area contributed by atoms with Crippen LogP contribution in [0.25, 0.3) is 17.0 Å². The second kappa shape index (κ2) is 8.36. The van der Waals surface area contributed by atoms with Crippen LogP contribution in [0.4, 0.5) is 5.69 Å². The molecule has 2 amide bonds. The third kappa shape index (κ3) is 3.61. The Labute approximate surface area is 202 Å². The zero-order valence-electron chi connectivity index (χ0n) is 20.0. The van der Waals surface area contributed by atoms with Gasteiger partial charge in [0.05, 0.1) is 16.9 Å². The van der Waals surface area contributed by atoms with E-state index in [0.717, 1.165) is 21.6 Å². The lowest BCUT2D eigenvalue weighted by Crippen LogP contribution is -2.39. The number of anilines is 1. The fraction of sp³-hybridized carbons (Fsp3) is 0.143. The number of carbonyl (C=O) groups is 2. The van der Waals surface area contributed by atoms with E-state index in [4.69, 9.17) is 0 Å². The standard InChI is InChI=1S/C28H24N4O3/c1-17-9-8-10-21(16-17)31-26(33)24(25(28(31)35)30-13-6-5-7-14-30)23-20(4)29-32(27(23)34)22-12-11-18(2)15-19(22)3/h5-16H,1-4H3/p+1. The van der Waals surface area contributed by atoms with Gasteiger partial charge in [0.2, 0.25) is 0 Å². The Morgan fingerprint density at radius 3 is 2.17 bits per heavy atom. The van der Waals surface area contributed by atoms with Crippen molar-refractivity contribution in [3.8, 4) is 5.69 Å². The topological polar surface area (TPSA) is 79.1 Å². The number of benzene rings is 2. The van der Waals surface area contributed by atoms with Gasteiger partial charge >= 0.3 is 5.91 Å². The van der Waals surface area contributed by atoms with Crippen LogP contribution in [0.5, 0.6) is 0 Å². The minimum absolute atomic E-state index is 0.0787. The molecular formula is C28H25N4O3+. The summed E-state index contributed by atoms with van der Waals surface area (Å²) in [5, 5.41) is 3.12. The monoisotopic (exact) mass is 465 g/mol. The van der Waals surface area contributed by atoms with E-state index < -0.39 is 11.8 Å². The minimum atomic E-state index is -0.529. The van der Waals surface area contributed by atoms with Crippen LogP contribution in [-0.2, 0) is 9.59 Å². The van der Waals surface area contributed by atoms with Gasteiger partial charge in [-0.1, -0.05) is 35.9 Å². The van der Waals surface area contributed by atoms with Crippen LogP contribution in [0.1, 0.15) is 27.9 Å². The van der Waals surface area contributed by atoms with Crippen LogP contribution < -0.4 is 15.0 Å². The minimum Gasteiger partial charge on any atom is -0.295 e. The highest BCUT2D eigenvalue weighted by Crippen LogP contribution is 2.33. The van der Waals surface area contributed by atoms with Crippen molar-refractivity contribution in [2.75, 3.05) is 4.90 Å². The highest BCUT2D eigenvalue weighted by atomic mass is 16.2. The summed E-state index contributed by atoms with van der Waals surface area (Å²) in [5.41, 5.74) is 4.60. The van der Waals surface area contributed by atoms with E-state index in [9.17, 15) is 14.4 Å². The number of aromatic amines is 1. The van der Waals surface area contributed by atoms with Gasteiger partial charge < -0.3 is 0 Å². The molecule has 7 nitrogen and oxygen atoms in total. The van der Waals surface area contributed by atoms with Gasteiger partial charge in [-0.05, 0) is 57.0 Å². The maximum Gasteiger partial charge on any atom is 0.331 e. The van der Waals surface area contributed by atoms with Crippen molar-refractivity contribution in [2.45, 2.75) is 27.7 Å². The van der Waals surface area contributed by atoms with E-state index in [-0.39, 0.29) is 22.4 Å². The summed E-state index contributed by atoms with van der Waals surface area (Å²) in [6.45, 7) is 7.55. The maximum absolute atomic E-state index is 13.8. The molecule has 0 saturated heterocycles. The van der Waals surface area contributed by atoms with E-state index in [1.165, 1.54) is 4.68 Å². The molecule has 1 N–H and O–H groups in total. The Hall–Kier alpha value is -4.52.